The average molecular weight is 393 g/mol. The largest absolute Gasteiger partial charge is 0.508 e. The maximum atomic E-state index is 12.2. The van der Waals surface area contributed by atoms with Crippen LogP contribution < -0.4 is 5.32 Å². The van der Waals surface area contributed by atoms with Crippen molar-refractivity contribution in [3.63, 3.8) is 0 Å². The van der Waals surface area contributed by atoms with Crippen LogP contribution in [0.4, 0.5) is 5.82 Å². The van der Waals surface area contributed by atoms with Gasteiger partial charge < -0.3 is 10.4 Å². The molecule has 2 aliphatic heterocycles. The number of aryl methyl sites for hydroxylation is 1. The summed E-state index contributed by atoms with van der Waals surface area (Å²) >= 11 is 1.50. The van der Waals surface area contributed by atoms with Gasteiger partial charge in [0.2, 0.25) is 5.91 Å². The molecule has 2 aromatic rings. The highest BCUT2D eigenvalue weighted by Crippen LogP contribution is 2.44. The van der Waals surface area contributed by atoms with E-state index in [1.54, 1.807) is 16.8 Å². The molecule has 1 aromatic heterocycles. The molecule has 1 aromatic carbocycles. The van der Waals surface area contributed by atoms with Crippen LogP contribution in [0.25, 0.3) is 0 Å². The molecular weight excluding hydrogens is 374 g/mol. The summed E-state index contributed by atoms with van der Waals surface area (Å²) in [5.74, 6) is 1.15. The summed E-state index contributed by atoms with van der Waals surface area (Å²) in [4.78, 5) is 12.2. The minimum absolute atomic E-state index is 0.0491. The van der Waals surface area contributed by atoms with E-state index in [9.17, 15) is 18.3 Å². The summed E-state index contributed by atoms with van der Waals surface area (Å²) in [6, 6.07) is 6.66. The highest BCUT2D eigenvalue weighted by molar-refractivity contribution is 8.00. The van der Waals surface area contributed by atoms with E-state index in [-0.39, 0.29) is 34.5 Å². The van der Waals surface area contributed by atoms with Crippen LogP contribution >= 0.6 is 11.8 Å². The molecule has 1 fully saturated rings. The number of hydrogen-bond donors (Lipinski definition) is 2. The fourth-order valence-corrected chi connectivity index (χ4v) is 6.43. The number of aromatic hydroxyl groups is 1. The normalized spacial score (nSPS) is 24.7. The van der Waals surface area contributed by atoms with Crippen LogP contribution in [0.2, 0.25) is 0 Å². The van der Waals surface area contributed by atoms with Crippen LogP contribution in [0.1, 0.15) is 34.5 Å². The number of nitrogens with zero attached hydrogens (tertiary/aromatic N) is 2. The number of fused-ring (bicyclic) bond motifs is 1. The van der Waals surface area contributed by atoms with Gasteiger partial charge in [0.25, 0.3) is 0 Å². The second-order valence-electron chi connectivity index (χ2n) is 6.68. The molecule has 2 aliphatic rings. The monoisotopic (exact) mass is 393 g/mol. The van der Waals surface area contributed by atoms with Crippen molar-refractivity contribution in [3.8, 4) is 5.75 Å². The lowest BCUT2D eigenvalue weighted by Crippen LogP contribution is -2.20. The number of thioether (sulfide) groups is 1. The molecule has 0 bridgehead atoms. The van der Waals surface area contributed by atoms with Crippen molar-refractivity contribution >= 4 is 33.3 Å². The van der Waals surface area contributed by atoms with Gasteiger partial charge in [0.05, 0.1) is 34.2 Å². The number of nitrogens with one attached hydrogen (secondary N) is 1. The number of carbonyl (C=O) groups is 1. The molecule has 3 heterocycles. The van der Waals surface area contributed by atoms with Crippen molar-refractivity contribution in [2.24, 2.45) is 0 Å². The third-order valence-corrected chi connectivity index (χ3v) is 7.80. The molecule has 1 saturated heterocycles. The first-order chi connectivity index (χ1) is 12.3. The summed E-state index contributed by atoms with van der Waals surface area (Å²) in [6.07, 6.45) is 0.503. The number of amides is 1. The minimum Gasteiger partial charge on any atom is -0.508 e. The van der Waals surface area contributed by atoms with Gasteiger partial charge in [0.1, 0.15) is 11.6 Å². The molecule has 0 spiro atoms. The van der Waals surface area contributed by atoms with Crippen LogP contribution in [-0.4, -0.2) is 46.5 Å². The number of rotatable bonds is 2. The average Bonchev–Trinajstić information content (AvgIpc) is 3.03. The van der Waals surface area contributed by atoms with E-state index in [1.807, 2.05) is 19.1 Å². The van der Waals surface area contributed by atoms with Crippen LogP contribution in [0, 0.1) is 6.92 Å². The molecule has 0 saturated carbocycles. The van der Waals surface area contributed by atoms with Gasteiger partial charge in [-0.25, -0.2) is 13.1 Å². The van der Waals surface area contributed by atoms with Gasteiger partial charge in [0.15, 0.2) is 9.84 Å². The van der Waals surface area contributed by atoms with Crippen LogP contribution in [-0.2, 0) is 14.6 Å². The van der Waals surface area contributed by atoms with Gasteiger partial charge in [-0.2, -0.15) is 5.10 Å². The number of benzene rings is 1. The molecule has 0 aliphatic carbocycles. The predicted molar refractivity (Wildman–Crippen MR) is 100 cm³/mol. The fourth-order valence-electron chi connectivity index (χ4n) is 3.55. The smallest absolute Gasteiger partial charge is 0.235 e. The maximum Gasteiger partial charge on any atom is 0.235 e. The molecule has 2 atom stereocenters. The number of phenols is 1. The summed E-state index contributed by atoms with van der Waals surface area (Å²) in [6.45, 7) is 1.88. The third kappa shape index (κ3) is 3.09. The Balaban J connectivity index is 1.81. The Bertz CT molecular complexity index is 967. The predicted octanol–water partition coefficient (Wildman–Crippen LogP) is 2.03. The van der Waals surface area contributed by atoms with Crippen LogP contribution in [0.15, 0.2) is 24.3 Å². The summed E-state index contributed by atoms with van der Waals surface area (Å²) in [5.41, 5.74) is 2.64. The lowest BCUT2D eigenvalue weighted by atomic mass is 10.0. The molecule has 1 amide bonds. The number of carbonyl (C=O) groups excluding carboxylic acids is 1. The van der Waals surface area contributed by atoms with Gasteiger partial charge in [-0.3, -0.25) is 4.79 Å². The summed E-state index contributed by atoms with van der Waals surface area (Å²) < 4.78 is 25.5. The van der Waals surface area contributed by atoms with Crippen molar-refractivity contribution in [1.29, 1.82) is 0 Å². The Morgan fingerprint density at radius 1 is 1.31 bits per heavy atom. The quantitative estimate of drug-likeness (QED) is 0.810. The molecule has 2 N–H and O–H groups in total. The SMILES string of the molecule is Cc1nn([C@@H]2CCS(=O)(=O)C2)c2c1[C@H](c1ccc(O)cc1)SCC(=O)N2. The highest BCUT2D eigenvalue weighted by atomic mass is 32.2. The molecule has 0 radical (unpaired) electrons. The number of sulfone groups is 1. The van der Waals surface area contributed by atoms with Gasteiger partial charge in [-0.05, 0) is 31.0 Å². The topological polar surface area (TPSA) is 101 Å². The van der Waals surface area contributed by atoms with Crippen LogP contribution in [0.3, 0.4) is 0 Å². The van der Waals surface area contributed by atoms with E-state index in [4.69, 9.17) is 0 Å². The minimum atomic E-state index is -3.06. The van der Waals surface area contributed by atoms with Crippen molar-refractivity contribution < 1.29 is 18.3 Å². The van der Waals surface area contributed by atoms with Crippen molar-refractivity contribution in [2.45, 2.75) is 24.6 Å². The van der Waals surface area contributed by atoms with E-state index >= 15 is 0 Å². The van der Waals surface area contributed by atoms with Crippen molar-refractivity contribution in [1.82, 2.24) is 9.78 Å². The van der Waals surface area contributed by atoms with E-state index in [0.717, 1.165) is 16.8 Å². The van der Waals surface area contributed by atoms with Crippen molar-refractivity contribution in [2.75, 3.05) is 22.6 Å². The number of anilines is 1. The molecule has 138 valence electrons. The molecule has 26 heavy (non-hydrogen) atoms. The summed E-state index contributed by atoms with van der Waals surface area (Å²) in [5, 5.41) is 16.9. The molecule has 9 heteroatoms. The van der Waals surface area contributed by atoms with Gasteiger partial charge in [0, 0.05) is 5.56 Å². The molecular formula is C17H19N3O4S2. The van der Waals surface area contributed by atoms with Gasteiger partial charge in [-0.1, -0.05) is 12.1 Å². The van der Waals surface area contributed by atoms with Crippen LogP contribution in [0.5, 0.6) is 5.75 Å². The number of phenolic OH excluding ortho intramolecular Hbond substituents is 1. The first-order valence-corrected chi connectivity index (χ1v) is 11.2. The fraction of sp³-hybridized carbons (Fsp3) is 0.412. The number of hydrogen-bond acceptors (Lipinski definition) is 6. The maximum absolute atomic E-state index is 12.2. The second-order valence-corrected chi connectivity index (χ2v) is 10.0. The zero-order valence-electron chi connectivity index (χ0n) is 14.2. The molecule has 0 unspecified atom stereocenters. The Morgan fingerprint density at radius 2 is 2.04 bits per heavy atom. The lowest BCUT2D eigenvalue weighted by Gasteiger charge is -2.16. The first-order valence-electron chi connectivity index (χ1n) is 8.34. The number of aromatic nitrogens is 2. The van der Waals surface area contributed by atoms with E-state index in [0.29, 0.717) is 18.0 Å². The Kier molecular flexibility index (Phi) is 4.23. The van der Waals surface area contributed by atoms with E-state index in [1.165, 1.54) is 11.8 Å². The van der Waals surface area contributed by atoms with Gasteiger partial charge >= 0.3 is 0 Å². The van der Waals surface area contributed by atoms with Crippen molar-refractivity contribution in [3.05, 3.63) is 41.1 Å². The molecule has 4 rings (SSSR count). The van der Waals surface area contributed by atoms with E-state index in [2.05, 4.69) is 10.4 Å². The Labute approximate surface area is 155 Å². The first kappa shape index (κ1) is 17.4. The standard InChI is InChI=1S/C17H19N3O4S2/c1-10-15-16(11-2-4-13(21)5-3-11)25-8-14(22)18-17(15)20(19-10)12-6-7-26(23,24)9-12/h2-5,12,16,21H,6-9H2,1H3,(H,18,22)/t12-,16+/m1/s1. The lowest BCUT2D eigenvalue weighted by molar-refractivity contribution is -0.113. The molecule has 7 nitrogen and oxygen atoms in total. The highest BCUT2D eigenvalue weighted by Gasteiger charge is 2.36. The van der Waals surface area contributed by atoms with E-state index < -0.39 is 9.84 Å². The van der Waals surface area contributed by atoms with Gasteiger partial charge in [-0.15, -0.1) is 11.8 Å². The zero-order chi connectivity index (χ0) is 18.5. The zero-order valence-corrected chi connectivity index (χ0v) is 15.8. The second kappa shape index (κ2) is 6.31. The summed E-state index contributed by atoms with van der Waals surface area (Å²) in [7, 11) is -3.06. The Morgan fingerprint density at radius 3 is 2.69 bits per heavy atom. The third-order valence-electron chi connectivity index (χ3n) is 4.78. The Hall–Kier alpha value is -2.00.